The van der Waals surface area contributed by atoms with Crippen molar-refractivity contribution in [2.24, 2.45) is 0 Å². The number of carbonyl (C=O) groups is 1. The summed E-state index contributed by atoms with van der Waals surface area (Å²) in [6.07, 6.45) is 2.21. The topological polar surface area (TPSA) is 41.1 Å². The van der Waals surface area contributed by atoms with Gasteiger partial charge in [0.1, 0.15) is 0 Å². The van der Waals surface area contributed by atoms with Gasteiger partial charge in [0, 0.05) is 18.2 Å². The van der Waals surface area contributed by atoms with Gasteiger partial charge in [-0.05, 0) is 50.4 Å². The van der Waals surface area contributed by atoms with E-state index in [1.165, 1.54) is 5.56 Å². The van der Waals surface area contributed by atoms with Gasteiger partial charge in [0.2, 0.25) is 0 Å². The number of hydrogen-bond donors (Lipinski definition) is 2. The first-order valence-electron chi connectivity index (χ1n) is 6.26. The Hall–Kier alpha value is -1.35. The largest absolute Gasteiger partial charge is 0.348 e. The van der Waals surface area contributed by atoms with Crippen LogP contribution in [0.15, 0.2) is 18.2 Å². The van der Waals surface area contributed by atoms with E-state index in [0.29, 0.717) is 0 Å². The third-order valence-electron chi connectivity index (χ3n) is 3.48. The normalized spacial score (nSPS) is 20.0. The smallest absolute Gasteiger partial charge is 0.251 e. The van der Waals surface area contributed by atoms with Gasteiger partial charge in [-0.2, -0.15) is 0 Å². The summed E-state index contributed by atoms with van der Waals surface area (Å²) < 4.78 is 0. The predicted molar refractivity (Wildman–Crippen MR) is 69.3 cm³/mol. The Bertz CT molecular complexity index is 409. The molecule has 1 atom stereocenters. The second kappa shape index (κ2) is 5.32. The van der Waals surface area contributed by atoms with Crippen molar-refractivity contribution >= 4 is 5.91 Å². The molecule has 1 aliphatic rings. The molecule has 0 unspecified atom stereocenters. The summed E-state index contributed by atoms with van der Waals surface area (Å²) in [6.45, 7) is 5.99. The standard InChI is InChI=1S/C14H20N2O/c1-10-5-3-7-13(11(10)2)14(17)16-12-6-4-8-15-9-12/h3,5,7,12,15H,4,6,8-9H2,1-2H3,(H,16,17)/t12-/m1/s1. The van der Waals surface area contributed by atoms with Gasteiger partial charge in [-0.1, -0.05) is 12.1 Å². The fourth-order valence-corrected chi connectivity index (χ4v) is 2.24. The maximum absolute atomic E-state index is 12.1. The van der Waals surface area contributed by atoms with Crippen molar-refractivity contribution < 1.29 is 4.79 Å². The zero-order chi connectivity index (χ0) is 12.3. The zero-order valence-corrected chi connectivity index (χ0v) is 10.5. The van der Waals surface area contributed by atoms with Gasteiger partial charge in [0.05, 0.1) is 0 Å². The van der Waals surface area contributed by atoms with Crippen LogP contribution in [-0.4, -0.2) is 25.0 Å². The van der Waals surface area contributed by atoms with Gasteiger partial charge in [0.25, 0.3) is 5.91 Å². The van der Waals surface area contributed by atoms with Crippen LogP contribution in [0.25, 0.3) is 0 Å². The van der Waals surface area contributed by atoms with E-state index in [1.807, 2.05) is 32.0 Å². The number of aryl methyl sites for hydroxylation is 1. The van der Waals surface area contributed by atoms with Crippen molar-refractivity contribution in [2.45, 2.75) is 32.7 Å². The number of benzene rings is 1. The van der Waals surface area contributed by atoms with E-state index in [-0.39, 0.29) is 11.9 Å². The van der Waals surface area contributed by atoms with Crippen LogP contribution in [0.2, 0.25) is 0 Å². The molecule has 0 bridgehead atoms. The molecule has 0 saturated carbocycles. The first kappa shape index (κ1) is 12.1. The van der Waals surface area contributed by atoms with Crippen molar-refractivity contribution in [3.63, 3.8) is 0 Å². The first-order chi connectivity index (χ1) is 8.18. The molecule has 1 saturated heterocycles. The lowest BCUT2D eigenvalue weighted by Crippen LogP contribution is -2.45. The monoisotopic (exact) mass is 232 g/mol. The molecule has 1 heterocycles. The van der Waals surface area contributed by atoms with Crippen molar-refractivity contribution in [1.29, 1.82) is 0 Å². The lowest BCUT2D eigenvalue weighted by Gasteiger charge is -2.24. The van der Waals surface area contributed by atoms with E-state index in [0.717, 1.165) is 37.1 Å². The van der Waals surface area contributed by atoms with Crippen LogP contribution in [0.3, 0.4) is 0 Å². The SMILES string of the molecule is Cc1cccc(C(=O)N[C@@H]2CCCNC2)c1C. The molecule has 92 valence electrons. The van der Waals surface area contributed by atoms with E-state index in [9.17, 15) is 4.79 Å². The van der Waals surface area contributed by atoms with Crippen molar-refractivity contribution in [3.05, 3.63) is 34.9 Å². The summed E-state index contributed by atoms with van der Waals surface area (Å²) >= 11 is 0. The predicted octanol–water partition coefficient (Wildman–Crippen LogP) is 1.79. The van der Waals surface area contributed by atoms with Crippen LogP contribution in [0.5, 0.6) is 0 Å². The Morgan fingerprint density at radius 3 is 2.94 bits per heavy atom. The third kappa shape index (κ3) is 2.86. The number of piperidine rings is 1. The fourth-order valence-electron chi connectivity index (χ4n) is 2.24. The molecule has 0 radical (unpaired) electrons. The summed E-state index contributed by atoms with van der Waals surface area (Å²) in [5, 5.41) is 6.40. The molecule has 1 amide bonds. The Labute approximate surface area is 103 Å². The molecule has 1 aromatic rings. The number of rotatable bonds is 2. The Morgan fingerprint density at radius 1 is 1.41 bits per heavy atom. The van der Waals surface area contributed by atoms with E-state index < -0.39 is 0 Å². The maximum Gasteiger partial charge on any atom is 0.251 e. The minimum absolute atomic E-state index is 0.0555. The Morgan fingerprint density at radius 2 is 2.24 bits per heavy atom. The fraction of sp³-hybridized carbons (Fsp3) is 0.500. The van der Waals surface area contributed by atoms with Crippen LogP contribution < -0.4 is 10.6 Å². The number of amides is 1. The molecule has 0 aliphatic carbocycles. The second-order valence-corrected chi connectivity index (χ2v) is 4.76. The van der Waals surface area contributed by atoms with Gasteiger partial charge in [-0.3, -0.25) is 4.79 Å². The van der Waals surface area contributed by atoms with Crippen LogP contribution in [0.1, 0.15) is 34.3 Å². The molecule has 1 aromatic carbocycles. The van der Waals surface area contributed by atoms with Crippen LogP contribution in [0, 0.1) is 13.8 Å². The van der Waals surface area contributed by atoms with E-state index in [4.69, 9.17) is 0 Å². The molecule has 1 aliphatic heterocycles. The minimum atomic E-state index is 0.0555. The first-order valence-corrected chi connectivity index (χ1v) is 6.26. The van der Waals surface area contributed by atoms with Gasteiger partial charge < -0.3 is 10.6 Å². The highest BCUT2D eigenvalue weighted by Crippen LogP contribution is 2.13. The number of hydrogen-bond acceptors (Lipinski definition) is 2. The molecule has 0 spiro atoms. The van der Waals surface area contributed by atoms with Gasteiger partial charge in [-0.15, -0.1) is 0 Å². The molecular weight excluding hydrogens is 212 g/mol. The van der Waals surface area contributed by atoms with Crippen molar-refractivity contribution in [3.8, 4) is 0 Å². The zero-order valence-electron chi connectivity index (χ0n) is 10.5. The molecule has 0 aromatic heterocycles. The summed E-state index contributed by atoms with van der Waals surface area (Å²) in [5.41, 5.74) is 3.05. The van der Waals surface area contributed by atoms with E-state index >= 15 is 0 Å². The van der Waals surface area contributed by atoms with Crippen LogP contribution in [-0.2, 0) is 0 Å². The van der Waals surface area contributed by atoms with Crippen molar-refractivity contribution in [1.82, 2.24) is 10.6 Å². The maximum atomic E-state index is 12.1. The van der Waals surface area contributed by atoms with E-state index in [2.05, 4.69) is 10.6 Å². The molecule has 1 fully saturated rings. The summed E-state index contributed by atoms with van der Waals surface area (Å²) in [7, 11) is 0. The quantitative estimate of drug-likeness (QED) is 0.816. The highest BCUT2D eigenvalue weighted by molar-refractivity contribution is 5.96. The lowest BCUT2D eigenvalue weighted by atomic mass is 10.0. The molecule has 3 nitrogen and oxygen atoms in total. The summed E-state index contributed by atoms with van der Waals surface area (Å²) in [6, 6.07) is 6.15. The average molecular weight is 232 g/mol. The molecule has 2 rings (SSSR count). The minimum Gasteiger partial charge on any atom is -0.348 e. The van der Waals surface area contributed by atoms with E-state index in [1.54, 1.807) is 0 Å². The highest BCUT2D eigenvalue weighted by atomic mass is 16.1. The molecule has 17 heavy (non-hydrogen) atoms. The number of carbonyl (C=O) groups excluding carboxylic acids is 1. The highest BCUT2D eigenvalue weighted by Gasteiger charge is 2.17. The summed E-state index contributed by atoms with van der Waals surface area (Å²) in [4.78, 5) is 12.1. The lowest BCUT2D eigenvalue weighted by molar-refractivity contribution is 0.0930. The Kier molecular flexibility index (Phi) is 3.79. The molecular formula is C14H20N2O. The summed E-state index contributed by atoms with van der Waals surface area (Å²) in [5.74, 6) is 0.0555. The van der Waals surface area contributed by atoms with Crippen LogP contribution in [0.4, 0.5) is 0 Å². The number of nitrogens with one attached hydrogen (secondary N) is 2. The second-order valence-electron chi connectivity index (χ2n) is 4.76. The van der Waals surface area contributed by atoms with Gasteiger partial charge in [0.15, 0.2) is 0 Å². The average Bonchev–Trinajstić information content (AvgIpc) is 2.34. The van der Waals surface area contributed by atoms with Crippen LogP contribution >= 0.6 is 0 Å². The van der Waals surface area contributed by atoms with Gasteiger partial charge >= 0.3 is 0 Å². The Balaban J connectivity index is 2.06. The van der Waals surface area contributed by atoms with Gasteiger partial charge in [-0.25, -0.2) is 0 Å². The van der Waals surface area contributed by atoms with Crippen molar-refractivity contribution in [2.75, 3.05) is 13.1 Å². The molecule has 2 N–H and O–H groups in total. The third-order valence-corrected chi connectivity index (χ3v) is 3.48. The molecule has 3 heteroatoms.